The van der Waals surface area contributed by atoms with Crippen molar-refractivity contribution >= 4 is 5.97 Å². The van der Waals surface area contributed by atoms with Crippen molar-refractivity contribution in [3.8, 4) is 5.75 Å². The molecule has 1 N–H and O–H groups in total. The van der Waals surface area contributed by atoms with Crippen molar-refractivity contribution in [1.29, 1.82) is 0 Å². The zero-order valence-corrected chi connectivity index (χ0v) is 22.6. The van der Waals surface area contributed by atoms with Gasteiger partial charge < -0.3 is 33.5 Å². The van der Waals surface area contributed by atoms with Crippen LogP contribution in [0.5, 0.6) is 5.75 Å². The largest absolute Gasteiger partial charge is 0.494 e. The van der Waals surface area contributed by atoms with Crippen LogP contribution in [0.2, 0.25) is 0 Å². The quantitative estimate of drug-likeness (QED) is 0.271. The molecule has 0 radical (unpaired) electrons. The first-order valence-corrected chi connectivity index (χ1v) is 13.8. The summed E-state index contributed by atoms with van der Waals surface area (Å²) in [7, 11) is 0. The Kier molecular flexibility index (Phi) is 13.0. The zero-order valence-electron chi connectivity index (χ0n) is 22.6. The van der Waals surface area contributed by atoms with Gasteiger partial charge in [-0.1, -0.05) is 56.3 Å². The minimum Gasteiger partial charge on any atom is -0.494 e. The molecule has 0 bridgehead atoms. The van der Waals surface area contributed by atoms with E-state index in [9.17, 15) is 9.90 Å². The van der Waals surface area contributed by atoms with Gasteiger partial charge in [-0.3, -0.25) is 0 Å². The fraction of sp³-hybridized carbons (Fsp3) is 0.567. The summed E-state index contributed by atoms with van der Waals surface area (Å²) in [5.74, 6) is -0.129. The van der Waals surface area contributed by atoms with E-state index in [0.717, 1.165) is 32.1 Å². The Hall–Kier alpha value is -2.49. The van der Waals surface area contributed by atoms with E-state index in [4.69, 9.17) is 28.4 Å². The second-order valence-corrected chi connectivity index (χ2v) is 8.92. The van der Waals surface area contributed by atoms with Crippen molar-refractivity contribution in [2.24, 2.45) is 0 Å². The molecule has 0 spiro atoms. The van der Waals surface area contributed by atoms with Crippen LogP contribution in [0.3, 0.4) is 0 Å². The van der Waals surface area contributed by atoms with E-state index in [1.165, 1.54) is 0 Å². The Morgan fingerprint density at radius 2 is 1.34 bits per heavy atom. The molecular formula is C30H42O8. The van der Waals surface area contributed by atoms with Crippen molar-refractivity contribution in [3.63, 3.8) is 0 Å². The maximum absolute atomic E-state index is 13.2. The van der Waals surface area contributed by atoms with Gasteiger partial charge in [0, 0.05) is 5.56 Å². The van der Waals surface area contributed by atoms with Gasteiger partial charge in [0.15, 0.2) is 12.6 Å². The van der Waals surface area contributed by atoms with Gasteiger partial charge in [-0.15, -0.1) is 0 Å². The molecule has 2 aromatic carbocycles. The lowest BCUT2D eigenvalue weighted by molar-refractivity contribution is -0.162. The molecule has 2 fully saturated rings. The van der Waals surface area contributed by atoms with Gasteiger partial charge in [0.25, 0.3) is 0 Å². The first-order valence-electron chi connectivity index (χ1n) is 13.8. The van der Waals surface area contributed by atoms with Crippen molar-refractivity contribution in [2.75, 3.05) is 39.6 Å². The molecule has 0 amide bonds. The molecule has 8 heteroatoms. The van der Waals surface area contributed by atoms with Crippen LogP contribution in [0.4, 0.5) is 0 Å². The minimum absolute atomic E-state index is 0.107. The number of carbonyl (C=O) groups excluding carboxylic acids is 1. The number of benzene rings is 2. The molecule has 2 aromatic rings. The van der Waals surface area contributed by atoms with Gasteiger partial charge >= 0.3 is 5.97 Å². The molecule has 1 unspecified atom stereocenters. The summed E-state index contributed by atoms with van der Waals surface area (Å²) in [6.45, 7) is 7.27. The monoisotopic (exact) mass is 530 g/mol. The third kappa shape index (κ3) is 8.78. The topological polar surface area (TPSA) is 92.7 Å². The molecular weight excluding hydrogens is 488 g/mol. The van der Waals surface area contributed by atoms with Gasteiger partial charge in [-0.05, 0) is 56.2 Å². The number of carbonyl (C=O) groups is 1. The number of rotatable bonds is 14. The van der Waals surface area contributed by atoms with Crippen LogP contribution >= 0.6 is 0 Å². The van der Waals surface area contributed by atoms with E-state index < -0.39 is 11.6 Å². The van der Waals surface area contributed by atoms with Crippen LogP contribution < -0.4 is 4.74 Å². The maximum atomic E-state index is 13.2. The molecule has 38 heavy (non-hydrogen) atoms. The van der Waals surface area contributed by atoms with Crippen LogP contribution in [0.15, 0.2) is 54.6 Å². The molecule has 8 nitrogen and oxygen atoms in total. The molecule has 4 rings (SSSR count). The smallest absolute Gasteiger partial charge is 0.347 e. The van der Waals surface area contributed by atoms with Crippen molar-refractivity contribution in [2.45, 2.75) is 70.6 Å². The average Bonchev–Trinajstić information content (AvgIpc) is 3.69. The van der Waals surface area contributed by atoms with E-state index in [2.05, 4.69) is 0 Å². The van der Waals surface area contributed by atoms with Crippen molar-refractivity contribution < 1.29 is 38.3 Å². The Morgan fingerprint density at radius 1 is 0.789 bits per heavy atom. The van der Waals surface area contributed by atoms with Crippen LogP contribution in [0.25, 0.3) is 0 Å². The minimum atomic E-state index is -1.95. The van der Waals surface area contributed by atoms with E-state index in [1.807, 2.05) is 26.0 Å². The highest BCUT2D eigenvalue weighted by atomic mass is 16.7. The summed E-state index contributed by atoms with van der Waals surface area (Å²) in [6.07, 6.45) is 4.52. The summed E-state index contributed by atoms with van der Waals surface area (Å²) in [5, 5.41) is 11.7. The predicted octanol–water partition coefficient (Wildman–Crippen LogP) is 4.96. The van der Waals surface area contributed by atoms with E-state index in [-0.39, 0.29) is 19.2 Å². The summed E-state index contributed by atoms with van der Waals surface area (Å²) in [5.41, 5.74) is -1.11. The van der Waals surface area contributed by atoms with Gasteiger partial charge in [-0.2, -0.15) is 0 Å². The number of aliphatic hydroxyl groups is 1. The molecule has 1 atom stereocenters. The molecule has 2 saturated heterocycles. The zero-order chi connectivity index (χ0) is 27.1. The Labute approximate surface area is 226 Å². The number of esters is 1. The Bertz CT molecular complexity index is 925. The Balaban J connectivity index is 0.00000195. The fourth-order valence-electron chi connectivity index (χ4n) is 4.33. The SMILES string of the molecule is CC.O=C(OCCCCC1OCCO1)C(O)(c1ccccc1)c1cccc(OCCCCC2OCCO2)c1. The highest BCUT2D eigenvalue weighted by Crippen LogP contribution is 2.33. The van der Waals surface area contributed by atoms with Gasteiger partial charge in [-0.25, -0.2) is 4.79 Å². The lowest BCUT2D eigenvalue weighted by atomic mass is 9.86. The summed E-state index contributed by atoms with van der Waals surface area (Å²) in [6, 6.07) is 15.8. The predicted molar refractivity (Wildman–Crippen MR) is 143 cm³/mol. The second kappa shape index (κ2) is 16.5. The van der Waals surface area contributed by atoms with Gasteiger partial charge in [0.2, 0.25) is 5.60 Å². The Morgan fingerprint density at radius 3 is 1.95 bits per heavy atom. The van der Waals surface area contributed by atoms with E-state index in [0.29, 0.717) is 56.3 Å². The van der Waals surface area contributed by atoms with Crippen LogP contribution in [0, 0.1) is 0 Å². The van der Waals surface area contributed by atoms with Crippen LogP contribution in [-0.4, -0.2) is 63.3 Å². The number of hydrogen-bond donors (Lipinski definition) is 1. The van der Waals surface area contributed by atoms with E-state index >= 15 is 0 Å². The molecule has 0 aromatic heterocycles. The molecule has 0 saturated carbocycles. The molecule has 2 aliphatic rings. The fourth-order valence-corrected chi connectivity index (χ4v) is 4.33. The van der Waals surface area contributed by atoms with Crippen molar-refractivity contribution in [3.05, 3.63) is 65.7 Å². The standard InChI is InChI=1S/C28H36O8.C2H6/c29-27(36-16-7-5-14-26-34-19-20-35-26)28(30,22-9-2-1-3-10-22)23-11-8-12-24(21-23)31-15-6-4-13-25-32-17-18-33-25;1-2/h1-3,8-12,21,25-26,30H,4-7,13-20H2;1-2H3. The normalized spacial score (nSPS) is 17.4. The number of hydrogen-bond acceptors (Lipinski definition) is 8. The lowest BCUT2D eigenvalue weighted by Crippen LogP contribution is -2.38. The van der Waals surface area contributed by atoms with Crippen LogP contribution in [-0.2, 0) is 34.1 Å². The second-order valence-electron chi connectivity index (χ2n) is 8.92. The van der Waals surface area contributed by atoms with Gasteiger partial charge in [0.05, 0.1) is 39.6 Å². The first kappa shape index (κ1) is 30.1. The summed E-state index contributed by atoms with van der Waals surface area (Å²) >= 11 is 0. The number of ether oxygens (including phenoxy) is 6. The highest BCUT2D eigenvalue weighted by molar-refractivity contribution is 5.85. The molecule has 2 heterocycles. The lowest BCUT2D eigenvalue weighted by Gasteiger charge is -2.27. The molecule has 2 aliphatic heterocycles. The average molecular weight is 531 g/mol. The van der Waals surface area contributed by atoms with E-state index in [1.54, 1.807) is 42.5 Å². The summed E-state index contributed by atoms with van der Waals surface area (Å²) < 4.78 is 33.2. The third-order valence-corrected chi connectivity index (χ3v) is 6.29. The van der Waals surface area contributed by atoms with Crippen LogP contribution in [0.1, 0.15) is 63.5 Å². The van der Waals surface area contributed by atoms with Gasteiger partial charge in [0.1, 0.15) is 5.75 Å². The maximum Gasteiger partial charge on any atom is 0.347 e. The third-order valence-electron chi connectivity index (χ3n) is 6.29. The highest BCUT2D eigenvalue weighted by Gasteiger charge is 2.42. The molecule has 210 valence electrons. The first-order chi connectivity index (χ1) is 18.7. The molecule has 0 aliphatic carbocycles. The van der Waals surface area contributed by atoms with Crippen molar-refractivity contribution in [1.82, 2.24) is 0 Å². The number of unbranched alkanes of at least 4 members (excludes halogenated alkanes) is 2. The summed E-state index contributed by atoms with van der Waals surface area (Å²) in [4.78, 5) is 13.2.